The maximum Gasteiger partial charge on any atom is 0.251 e. The summed E-state index contributed by atoms with van der Waals surface area (Å²) in [6, 6.07) is 3.72. The molecule has 1 heterocycles. The Bertz CT molecular complexity index is 605. The van der Waals surface area contributed by atoms with Crippen LogP contribution in [-0.2, 0) is 4.79 Å². The predicted octanol–water partition coefficient (Wildman–Crippen LogP) is 2.08. The van der Waals surface area contributed by atoms with Crippen LogP contribution in [0, 0.1) is 5.41 Å². The summed E-state index contributed by atoms with van der Waals surface area (Å²) in [7, 11) is 0. The van der Waals surface area contributed by atoms with Crippen molar-refractivity contribution in [3.8, 4) is 11.5 Å². The molecule has 0 bridgehead atoms. The number of aromatic hydroxyl groups is 2. The molecule has 1 aromatic rings. The van der Waals surface area contributed by atoms with Gasteiger partial charge < -0.3 is 20.4 Å². The summed E-state index contributed by atoms with van der Waals surface area (Å²) in [4.78, 5) is 26.4. The van der Waals surface area contributed by atoms with Crippen molar-refractivity contribution in [3.63, 3.8) is 0 Å². The third-order valence-electron chi connectivity index (χ3n) is 4.20. The van der Waals surface area contributed by atoms with Crippen LogP contribution in [0.3, 0.4) is 0 Å². The minimum Gasteiger partial charge on any atom is -0.508 e. The first-order valence-corrected chi connectivity index (χ1v) is 8.45. The van der Waals surface area contributed by atoms with Crippen molar-refractivity contribution in [1.29, 1.82) is 0 Å². The standard InChI is InChI=1S/C17H23ClN2O4/c1-17(2,10-18)16(24)20-5-3-12(4-6-20)19-15(23)11-7-13(21)9-14(22)8-11/h7-9,12,21-22H,3-6,10H2,1-2H3,(H,19,23). The second-order valence-electron chi connectivity index (χ2n) is 6.80. The molecule has 1 aromatic carbocycles. The fourth-order valence-corrected chi connectivity index (χ4v) is 2.82. The van der Waals surface area contributed by atoms with Gasteiger partial charge in [0, 0.05) is 36.6 Å². The minimum absolute atomic E-state index is 0.0279. The fraction of sp³-hybridized carbons (Fsp3) is 0.529. The third kappa shape index (κ3) is 4.32. The number of halogens is 1. The summed E-state index contributed by atoms with van der Waals surface area (Å²) in [5.41, 5.74) is -0.384. The van der Waals surface area contributed by atoms with E-state index in [1.807, 2.05) is 13.8 Å². The predicted molar refractivity (Wildman–Crippen MR) is 91.3 cm³/mol. The van der Waals surface area contributed by atoms with Crippen molar-refractivity contribution in [3.05, 3.63) is 23.8 Å². The lowest BCUT2D eigenvalue weighted by Gasteiger charge is -2.36. The molecule has 0 atom stereocenters. The Labute approximate surface area is 146 Å². The lowest BCUT2D eigenvalue weighted by Crippen LogP contribution is -2.50. The van der Waals surface area contributed by atoms with Crippen molar-refractivity contribution in [2.24, 2.45) is 5.41 Å². The summed E-state index contributed by atoms with van der Waals surface area (Å²) in [6.45, 7) is 4.78. The molecule has 1 saturated heterocycles. The van der Waals surface area contributed by atoms with Gasteiger partial charge in [0.2, 0.25) is 5.91 Å². The molecule has 1 aliphatic heterocycles. The molecule has 7 heteroatoms. The highest BCUT2D eigenvalue weighted by Gasteiger charge is 2.33. The molecule has 0 spiro atoms. The first-order chi connectivity index (χ1) is 11.2. The largest absolute Gasteiger partial charge is 0.508 e. The fourth-order valence-electron chi connectivity index (χ4n) is 2.71. The number of hydrogen-bond acceptors (Lipinski definition) is 4. The molecule has 2 rings (SSSR count). The van der Waals surface area contributed by atoms with E-state index < -0.39 is 5.41 Å². The smallest absolute Gasteiger partial charge is 0.251 e. The second-order valence-corrected chi connectivity index (χ2v) is 7.06. The molecule has 0 radical (unpaired) electrons. The van der Waals surface area contributed by atoms with Crippen LogP contribution >= 0.6 is 11.6 Å². The van der Waals surface area contributed by atoms with E-state index in [1.165, 1.54) is 18.2 Å². The molecule has 0 aliphatic carbocycles. The highest BCUT2D eigenvalue weighted by molar-refractivity contribution is 6.19. The molecule has 0 saturated carbocycles. The van der Waals surface area contributed by atoms with Gasteiger partial charge in [-0.05, 0) is 38.8 Å². The normalized spacial score (nSPS) is 16.0. The summed E-state index contributed by atoms with van der Waals surface area (Å²) in [5, 5.41) is 21.8. The van der Waals surface area contributed by atoms with Crippen LogP contribution in [0.2, 0.25) is 0 Å². The number of rotatable bonds is 4. The Morgan fingerprint density at radius 3 is 2.25 bits per heavy atom. The van der Waals surface area contributed by atoms with Gasteiger partial charge >= 0.3 is 0 Å². The quantitative estimate of drug-likeness (QED) is 0.722. The molecule has 0 unspecified atom stereocenters. The van der Waals surface area contributed by atoms with E-state index >= 15 is 0 Å². The first-order valence-electron chi connectivity index (χ1n) is 7.92. The summed E-state index contributed by atoms with van der Waals surface area (Å²) >= 11 is 5.85. The molecule has 1 aliphatic rings. The number of carbonyl (C=O) groups excluding carboxylic acids is 2. The summed E-state index contributed by atoms with van der Waals surface area (Å²) < 4.78 is 0. The SMILES string of the molecule is CC(C)(CCl)C(=O)N1CCC(NC(=O)c2cc(O)cc(O)c2)CC1. The molecular formula is C17H23ClN2O4. The highest BCUT2D eigenvalue weighted by Crippen LogP contribution is 2.24. The topological polar surface area (TPSA) is 89.9 Å². The van der Waals surface area contributed by atoms with E-state index in [9.17, 15) is 19.8 Å². The van der Waals surface area contributed by atoms with Gasteiger partial charge in [0.1, 0.15) is 11.5 Å². The zero-order valence-corrected chi connectivity index (χ0v) is 14.6. The number of phenolic OH excluding ortho intramolecular Hbond substituents is 2. The number of phenols is 2. The minimum atomic E-state index is -0.587. The van der Waals surface area contributed by atoms with E-state index in [2.05, 4.69) is 5.32 Å². The van der Waals surface area contributed by atoms with Gasteiger partial charge in [0.15, 0.2) is 0 Å². The van der Waals surface area contributed by atoms with Crippen LogP contribution in [0.4, 0.5) is 0 Å². The van der Waals surface area contributed by atoms with Crippen molar-refractivity contribution >= 4 is 23.4 Å². The molecule has 3 N–H and O–H groups in total. The first kappa shape index (κ1) is 18.4. The van der Waals surface area contributed by atoms with Crippen LogP contribution in [0.5, 0.6) is 11.5 Å². The van der Waals surface area contributed by atoms with Gasteiger partial charge in [-0.3, -0.25) is 9.59 Å². The van der Waals surface area contributed by atoms with Crippen LogP contribution in [0.1, 0.15) is 37.0 Å². The van der Waals surface area contributed by atoms with Crippen molar-refractivity contribution in [1.82, 2.24) is 10.2 Å². The number of nitrogens with one attached hydrogen (secondary N) is 1. The Morgan fingerprint density at radius 2 is 1.75 bits per heavy atom. The number of carbonyl (C=O) groups is 2. The number of alkyl halides is 1. The molecule has 2 amide bonds. The molecule has 6 nitrogen and oxygen atoms in total. The molecular weight excluding hydrogens is 332 g/mol. The summed E-state index contributed by atoms with van der Waals surface area (Å²) in [6.07, 6.45) is 1.31. The maximum absolute atomic E-state index is 12.4. The van der Waals surface area contributed by atoms with Crippen molar-refractivity contribution in [2.45, 2.75) is 32.7 Å². The number of piperidine rings is 1. The third-order valence-corrected chi connectivity index (χ3v) is 4.86. The van der Waals surface area contributed by atoms with E-state index in [0.29, 0.717) is 25.9 Å². The Balaban J connectivity index is 1.91. The van der Waals surface area contributed by atoms with Crippen molar-refractivity contribution in [2.75, 3.05) is 19.0 Å². The number of amides is 2. The van der Waals surface area contributed by atoms with Crippen LogP contribution < -0.4 is 5.32 Å². The molecule has 132 valence electrons. The molecule has 24 heavy (non-hydrogen) atoms. The molecule has 0 aromatic heterocycles. The van der Waals surface area contributed by atoms with Gasteiger partial charge in [0.05, 0.1) is 5.41 Å². The summed E-state index contributed by atoms with van der Waals surface area (Å²) in [5.74, 6) is -0.385. The average molecular weight is 355 g/mol. The number of likely N-dealkylation sites (tertiary alicyclic amines) is 1. The van der Waals surface area contributed by atoms with Crippen LogP contribution in [-0.4, -0.2) is 51.9 Å². The van der Waals surface area contributed by atoms with Crippen LogP contribution in [0.25, 0.3) is 0 Å². The van der Waals surface area contributed by atoms with Gasteiger partial charge in [-0.25, -0.2) is 0 Å². The van der Waals surface area contributed by atoms with Crippen molar-refractivity contribution < 1.29 is 19.8 Å². The van der Waals surface area contributed by atoms with E-state index in [-0.39, 0.29) is 40.8 Å². The maximum atomic E-state index is 12.4. The lowest BCUT2D eigenvalue weighted by molar-refractivity contribution is -0.140. The Morgan fingerprint density at radius 1 is 1.21 bits per heavy atom. The highest BCUT2D eigenvalue weighted by atomic mass is 35.5. The van der Waals surface area contributed by atoms with E-state index in [0.717, 1.165) is 0 Å². The number of hydrogen-bond donors (Lipinski definition) is 3. The number of nitrogens with zero attached hydrogens (tertiary/aromatic N) is 1. The Kier molecular flexibility index (Phi) is 5.59. The van der Waals surface area contributed by atoms with Gasteiger partial charge in [-0.2, -0.15) is 0 Å². The van der Waals surface area contributed by atoms with Gasteiger partial charge in [-0.15, -0.1) is 11.6 Å². The lowest BCUT2D eigenvalue weighted by atomic mass is 9.92. The Hall–Kier alpha value is -1.95. The van der Waals surface area contributed by atoms with Gasteiger partial charge in [-0.1, -0.05) is 0 Å². The zero-order valence-electron chi connectivity index (χ0n) is 13.9. The molecule has 1 fully saturated rings. The monoisotopic (exact) mass is 354 g/mol. The average Bonchev–Trinajstić information content (AvgIpc) is 2.54. The zero-order chi connectivity index (χ0) is 17.9. The number of benzene rings is 1. The van der Waals surface area contributed by atoms with E-state index in [1.54, 1.807) is 4.90 Å². The van der Waals surface area contributed by atoms with E-state index in [4.69, 9.17) is 11.6 Å². The second kappa shape index (κ2) is 7.30. The van der Waals surface area contributed by atoms with Crippen LogP contribution in [0.15, 0.2) is 18.2 Å². The van der Waals surface area contributed by atoms with Gasteiger partial charge in [0.25, 0.3) is 5.91 Å².